The lowest BCUT2D eigenvalue weighted by Crippen LogP contribution is -2.50. The lowest BCUT2D eigenvalue weighted by Gasteiger charge is -2.34. The Hall–Kier alpha value is -2.41. The molecule has 0 saturated heterocycles. The molecule has 1 aliphatic rings. The second-order valence-electron chi connectivity index (χ2n) is 5.66. The lowest BCUT2D eigenvalue weighted by atomic mass is 9.94. The van der Waals surface area contributed by atoms with Crippen molar-refractivity contribution >= 4 is 27.8 Å². The summed E-state index contributed by atoms with van der Waals surface area (Å²) < 4.78 is 1.94. The van der Waals surface area contributed by atoms with E-state index in [2.05, 4.69) is 15.9 Å². The summed E-state index contributed by atoms with van der Waals surface area (Å²) in [6.07, 6.45) is 1.79. The zero-order valence-corrected chi connectivity index (χ0v) is 14.3. The van der Waals surface area contributed by atoms with Gasteiger partial charge in [-0.25, -0.2) is 4.79 Å². The Morgan fingerprint density at radius 2 is 1.88 bits per heavy atom. The number of carboxylic acid groups (broad SMARTS) is 1. The molecule has 24 heavy (non-hydrogen) atoms. The van der Waals surface area contributed by atoms with Crippen molar-refractivity contribution in [3.05, 3.63) is 68.5 Å². The normalized spacial score (nSPS) is 16.5. The highest BCUT2D eigenvalue weighted by atomic mass is 79.9. The average molecular weight is 391 g/mol. The monoisotopic (exact) mass is 390 g/mol. The summed E-state index contributed by atoms with van der Waals surface area (Å²) in [6.45, 7) is 0.0406. The molecule has 0 spiro atoms. The van der Waals surface area contributed by atoms with Gasteiger partial charge < -0.3 is 14.6 Å². The minimum Gasteiger partial charge on any atom is -0.480 e. The van der Waals surface area contributed by atoms with Crippen LogP contribution in [0.2, 0.25) is 0 Å². The molecule has 1 aromatic heterocycles. The molecule has 124 valence electrons. The summed E-state index contributed by atoms with van der Waals surface area (Å²) in [4.78, 5) is 37.4. The minimum absolute atomic E-state index is 0.190. The number of halogens is 1. The van der Waals surface area contributed by atoms with E-state index in [0.717, 1.165) is 11.1 Å². The number of fused-ring (bicyclic) bond motifs is 1. The van der Waals surface area contributed by atoms with Gasteiger partial charge in [-0.1, -0.05) is 24.3 Å². The van der Waals surface area contributed by atoms with Gasteiger partial charge in [0.25, 0.3) is 5.56 Å². The molecule has 2 heterocycles. The van der Waals surface area contributed by atoms with Gasteiger partial charge in [-0.3, -0.25) is 9.59 Å². The van der Waals surface area contributed by atoms with Gasteiger partial charge in [0.2, 0.25) is 5.91 Å². The number of carboxylic acids is 1. The number of hydrogen-bond acceptors (Lipinski definition) is 3. The molecule has 7 heteroatoms. The molecule has 0 saturated carbocycles. The second kappa shape index (κ2) is 6.60. The lowest BCUT2D eigenvalue weighted by molar-refractivity contribution is -0.151. The van der Waals surface area contributed by atoms with Crippen LogP contribution in [0.1, 0.15) is 11.1 Å². The van der Waals surface area contributed by atoms with Gasteiger partial charge >= 0.3 is 5.97 Å². The summed E-state index contributed by atoms with van der Waals surface area (Å²) in [7, 11) is 0. The Bertz CT molecular complexity index is 862. The fraction of sp³-hybridized carbons (Fsp3) is 0.235. The van der Waals surface area contributed by atoms with Crippen LogP contribution in [0.15, 0.2) is 51.9 Å². The Morgan fingerprint density at radius 1 is 1.17 bits per heavy atom. The number of rotatable bonds is 3. The molecule has 0 fully saturated rings. The fourth-order valence-electron chi connectivity index (χ4n) is 2.87. The predicted molar refractivity (Wildman–Crippen MR) is 90.5 cm³/mol. The molecule has 2 aromatic rings. The van der Waals surface area contributed by atoms with Gasteiger partial charge in [0.1, 0.15) is 12.6 Å². The first-order valence-corrected chi connectivity index (χ1v) is 8.20. The van der Waals surface area contributed by atoms with Crippen molar-refractivity contribution in [1.29, 1.82) is 0 Å². The van der Waals surface area contributed by atoms with Crippen molar-refractivity contribution in [3.63, 3.8) is 0 Å². The van der Waals surface area contributed by atoms with Crippen molar-refractivity contribution in [2.45, 2.75) is 25.6 Å². The maximum absolute atomic E-state index is 12.6. The highest BCUT2D eigenvalue weighted by Crippen LogP contribution is 2.23. The van der Waals surface area contributed by atoms with E-state index in [1.54, 1.807) is 6.07 Å². The van der Waals surface area contributed by atoms with Crippen molar-refractivity contribution in [3.8, 4) is 0 Å². The van der Waals surface area contributed by atoms with E-state index in [0.29, 0.717) is 4.47 Å². The third kappa shape index (κ3) is 3.26. The molecule has 6 nitrogen and oxygen atoms in total. The van der Waals surface area contributed by atoms with Crippen LogP contribution in [0.25, 0.3) is 0 Å². The molecule has 1 amide bonds. The molecule has 0 radical (unpaired) electrons. The van der Waals surface area contributed by atoms with Crippen molar-refractivity contribution < 1.29 is 14.7 Å². The number of benzene rings is 1. The van der Waals surface area contributed by atoms with E-state index in [4.69, 9.17) is 0 Å². The van der Waals surface area contributed by atoms with Crippen LogP contribution in [-0.4, -0.2) is 32.5 Å². The van der Waals surface area contributed by atoms with Gasteiger partial charge in [0.15, 0.2) is 0 Å². The van der Waals surface area contributed by atoms with Crippen LogP contribution in [0, 0.1) is 0 Å². The molecule has 1 atom stereocenters. The third-order valence-corrected chi connectivity index (χ3v) is 4.58. The minimum atomic E-state index is -1.04. The zero-order chi connectivity index (χ0) is 17.3. The molecular weight excluding hydrogens is 376 g/mol. The molecule has 1 aromatic carbocycles. The SMILES string of the molecule is O=C(O)[C@@H]1Cc2ccccc2CN1C(=O)Cn1cc(Br)ccc1=O. The van der Waals surface area contributed by atoms with E-state index >= 15 is 0 Å². The van der Waals surface area contributed by atoms with E-state index in [-0.39, 0.29) is 25.1 Å². The topological polar surface area (TPSA) is 79.6 Å². The second-order valence-corrected chi connectivity index (χ2v) is 6.58. The Morgan fingerprint density at radius 3 is 2.58 bits per heavy atom. The van der Waals surface area contributed by atoms with Crippen LogP contribution >= 0.6 is 15.9 Å². The van der Waals surface area contributed by atoms with E-state index < -0.39 is 17.9 Å². The maximum atomic E-state index is 12.6. The van der Waals surface area contributed by atoms with Gasteiger partial charge in [-0.05, 0) is 33.1 Å². The number of pyridine rings is 1. The molecule has 0 unspecified atom stereocenters. The van der Waals surface area contributed by atoms with Crippen LogP contribution in [0.3, 0.4) is 0 Å². The molecule has 1 aliphatic heterocycles. The first-order chi connectivity index (χ1) is 11.5. The number of carbonyl (C=O) groups excluding carboxylic acids is 1. The van der Waals surface area contributed by atoms with E-state index in [1.807, 2.05) is 24.3 Å². The maximum Gasteiger partial charge on any atom is 0.326 e. The number of carbonyl (C=O) groups is 2. The highest BCUT2D eigenvalue weighted by molar-refractivity contribution is 9.10. The van der Waals surface area contributed by atoms with Crippen LogP contribution in [-0.2, 0) is 29.1 Å². The molecule has 0 aliphatic carbocycles. The summed E-state index contributed by atoms with van der Waals surface area (Å²) in [5.74, 6) is -1.43. The quantitative estimate of drug-likeness (QED) is 0.863. The summed E-state index contributed by atoms with van der Waals surface area (Å²) in [5.41, 5.74) is 1.56. The van der Waals surface area contributed by atoms with Crippen LogP contribution in [0.4, 0.5) is 0 Å². The van der Waals surface area contributed by atoms with Gasteiger partial charge in [0, 0.05) is 29.7 Å². The summed E-state index contributed by atoms with van der Waals surface area (Å²) >= 11 is 3.26. The average Bonchev–Trinajstić information content (AvgIpc) is 2.56. The highest BCUT2D eigenvalue weighted by Gasteiger charge is 2.34. The van der Waals surface area contributed by atoms with Gasteiger partial charge in [-0.15, -0.1) is 0 Å². The zero-order valence-electron chi connectivity index (χ0n) is 12.7. The molecule has 1 N–H and O–H groups in total. The number of amides is 1. The molecule has 3 rings (SSSR count). The molecule has 0 bridgehead atoms. The number of aliphatic carboxylic acids is 1. The van der Waals surface area contributed by atoms with Crippen molar-refractivity contribution in [2.24, 2.45) is 0 Å². The number of aromatic nitrogens is 1. The predicted octanol–water partition coefficient (Wildman–Crippen LogP) is 1.65. The largest absolute Gasteiger partial charge is 0.480 e. The number of nitrogens with zero attached hydrogens (tertiary/aromatic N) is 2. The smallest absolute Gasteiger partial charge is 0.326 e. The molecular formula is C17H15BrN2O4. The van der Waals surface area contributed by atoms with Crippen LogP contribution < -0.4 is 5.56 Å². The van der Waals surface area contributed by atoms with Crippen molar-refractivity contribution in [2.75, 3.05) is 0 Å². The fourth-order valence-corrected chi connectivity index (χ4v) is 3.25. The first kappa shape index (κ1) is 16.4. The Kier molecular flexibility index (Phi) is 4.53. The van der Waals surface area contributed by atoms with Gasteiger partial charge in [0.05, 0.1) is 0 Å². The van der Waals surface area contributed by atoms with E-state index in [1.165, 1.54) is 21.7 Å². The van der Waals surface area contributed by atoms with Gasteiger partial charge in [-0.2, -0.15) is 0 Å². The van der Waals surface area contributed by atoms with E-state index in [9.17, 15) is 19.5 Å². The van der Waals surface area contributed by atoms with Crippen LogP contribution in [0.5, 0.6) is 0 Å². The standard InChI is InChI=1S/C17H15BrN2O4/c18-13-5-6-15(21)19(9-13)10-16(22)20-8-12-4-2-1-3-11(12)7-14(20)17(23)24/h1-6,9,14H,7-8,10H2,(H,23,24)/t14-/m0/s1. The summed E-state index contributed by atoms with van der Waals surface area (Å²) in [6, 6.07) is 9.52. The third-order valence-electron chi connectivity index (χ3n) is 4.11. The number of hydrogen-bond donors (Lipinski definition) is 1. The first-order valence-electron chi connectivity index (χ1n) is 7.41. The Balaban J connectivity index is 1.88. The summed E-state index contributed by atoms with van der Waals surface area (Å²) in [5, 5.41) is 9.48. The van der Waals surface area contributed by atoms with Crippen molar-refractivity contribution in [1.82, 2.24) is 9.47 Å². The Labute approximate surface area is 146 Å².